The maximum atomic E-state index is 11.7. The summed E-state index contributed by atoms with van der Waals surface area (Å²) >= 11 is 3.60. The Morgan fingerprint density at radius 2 is 2.18 bits per heavy atom. The molecule has 0 amide bonds. The summed E-state index contributed by atoms with van der Waals surface area (Å²) in [4.78, 5) is 18.7. The van der Waals surface area contributed by atoms with Crippen LogP contribution >= 0.6 is 15.9 Å². The normalized spacial score (nSPS) is 18.5. The van der Waals surface area contributed by atoms with E-state index in [1.807, 2.05) is 12.1 Å². The van der Waals surface area contributed by atoms with E-state index in [0.29, 0.717) is 11.6 Å². The molecule has 1 saturated heterocycles. The number of pyridine rings is 1. The average Bonchev–Trinajstić information content (AvgIpc) is 2.54. The molecule has 0 aliphatic carbocycles. The Bertz CT molecular complexity index is 717. The van der Waals surface area contributed by atoms with Crippen molar-refractivity contribution in [1.82, 2.24) is 4.98 Å². The van der Waals surface area contributed by atoms with Crippen LogP contribution in [0.25, 0.3) is 10.9 Å². The van der Waals surface area contributed by atoms with Crippen molar-refractivity contribution in [2.75, 3.05) is 18.6 Å². The SMILES string of the molecule is COC(=O)c1ccc2nc(Br)c(N3CCCC[C@@H]3C)cc2c1. The lowest BCUT2D eigenvalue weighted by atomic mass is 10.0. The van der Waals surface area contributed by atoms with Gasteiger partial charge in [-0.15, -0.1) is 0 Å². The number of nitrogens with zero attached hydrogens (tertiary/aromatic N) is 2. The number of piperidine rings is 1. The van der Waals surface area contributed by atoms with Crippen molar-refractivity contribution < 1.29 is 9.53 Å². The van der Waals surface area contributed by atoms with Crippen molar-refractivity contribution in [1.29, 1.82) is 0 Å². The number of rotatable bonds is 2. The lowest BCUT2D eigenvalue weighted by molar-refractivity contribution is 0.0601. The van der Waals surface area contributed by atoms with Crippen molar-refractivity contribution in [3.05, 3.63) is 34.4 Å². The van der Waals surface area contributed by atoms with Crippen LogP contribution in [0.3, 0.4) is 0 Å². The highest BCUT2D eigenvalue weighted by molar-refractivity contribution is 9.10. The van der Waals surface area contributed by atoms with E-state index >= 15 is 0 Å². The van der Waals surface area contributed by atoms with Crippen LogP contribution in [0.15, 0.2) is 28.9 Å². The molecule has 0 unspecified atom stereocenters. The Kier molecular flexibility index (Phi) is 4.34. The number of fused-ring (bicyclic) bond motifs is 1. The Morgan fingerprint density at radius 3 is 2.91 bits per heavy atom. The molecular formula is C17H19BrN2O2. The zero-order chi connectivity index (χ0) is 15.7. The lowest BCUT2D eigenvalue weighted by Gasteiger charge is -2.35. The van der Waals surface area contributed by atoms with E-state index in [4.69, 9.17) is 4.74 Å². The van der Waals surface area contributed by atoms with Crippen LogP contribution in [0.2, 0.25) is 0 Å². The van der Waals surface area contributed by atoms with Gasteiger partial charge in [0.05, 0.1) is 23.9 Å². The fraction of sp³-hybridized carbons (Fsp3) is 0.412. The predicted octanol–water partition coefficient (Wildman–Crippen LogP) is 4.16. The molecule has 0 saturated carbocycles. The number of carbonyl (C=O) groups excluding carboxylic acids is 1. The largest absolute Gasteiger partial charge is 0.465 e. The summed E-state index contributed by atoms with van der Waals surface area (Å²) in [5.74, 6) is -0.322. The number of benzene rings is 1. The zero-order valence-corrected chi connectivity index (χ0v) is 14.4. The van der Waals surface area contributed by atoms with Gasteiger partial charge in [0.2, 0.25) is 0 Å². The topological polar surface area (TPSA) is 42.4 Å². The van der Waals surface area contributed by atoms with Gasteiger partial charge < -0.3 is 9.64 Å². The van der Waals surface area contributed by atoms with Crippen LogP contribution in [-0.4, -0.2) is 30.6 Å². The third kappa shape index (κ3) is 2.82. The van der Waals surface area contributed by atoms with Gasteiger partial charge in [-0.25, -0.2) is 9.78 Å². The summed E-state index contributed by atoms with van der Waals surface area (Å²) in [6.07, 6.45) is 3.69. The van der Waals surface area contributed by atoms with Crippen LogP contribution in [0.1, 0.15) is 36.5 Å². The van der Waals surface area contributed by atoms with Gasteiger partial charge in [0.25, 0.3) is 0 Å². The fourth-order valence-electron chi connectivity index (χ4n) is 3.04. The molecule has 1 aromatic carbocycles. The maximum absolute atomic E-state index is 11.7. The summed E-state index contributed by atoms with van der Waals surface area (Å²) in [6.45, 7) is 3.30. The Morgan fingerprint density at radius 1 is 1.36 bits per heavy atom. The first-order valence-corrected chi connectivity index (χ1v) is 8.34. The first-order chi connectivity index (χ1) is 10.6. The molecule has 116 valence electrons. The third-order valence-corrected chi connectivity index (χ3v) is 4.87. The summed E-state index contributed by atoms with van der Waals surface area (Å²) in [7, 11) is 1.40. The number of esters is 1. The van der Waals surface area contributed by atoms with Gasteiger partial charge in [-0.1, -0.05) is 0 Å². The molecule has 1 aliphatic rings. The standard InChI is InChI=1S/C17H19BrN2O2/c1-11-5-3-4-8-20(11)15-10-13-9-12(17(21)22-2)6-7-14(13)19-16(15)18/h6-7,9-11H,3-5,8H2,1-2H3/t11-/m0/s1. The molecule has 1 aliphatic heterocycles. The van der Waals surface area contributed by atoms with E-state index in [1.54, 1.807) is 6.07 Å². The number of aromatic nitrogens is 1. The summed E-state index contributed by atoms with van der Waals surface area (Å²) < 4.78 is 5.65. The number of ether oxygens (including phenoxy) is 1. The van der Waals surface area contributed by atoms with E-state index in [0.717, 1.165) is 27.7 Å². The quantitative estimate of drug-likeness (QED) is 0.594. The Balaban J connectivity index is 2.06. The second kappa shape index (κ2) is 6.24. The summed E-state index contributed by atoms with van der Waals surface area (Å²) in [6, 6.07) is 8.07. The molecule has 3 rings (SSSR count). The first-order valence-electron chi connectivity index (χ1n) is 7.55. The smallest absolute Gasteiger partial charge is 0.337 e. The van der Waals surface area contributed by atoms with Gasteiger partial charge in [-0.2, -0.15) is 0 Å². The third-order valence-electron chi connectivity index (χ3n) is 4.28. The highest BCUT2D eigenvalue weighted by Gasteiger charge is 2.21. The molecule has 0 bridgehead atoms. The van der Waals surface area contributed by atoms with E-state index in [1.165, 1.54) is 26.4 Å². The number of carbonyl (C=O) groups is 1. The molecule has 1 atom stereocenters. The first kappa shape index (κ1) is 15.3. The van der Waals surface area contributed by atoms with Crippen LogP contribution < -0.4 is 4.90 Å². The number of anilines is 1. The molecule has 2 heterocycles. The minimum absolute atomic E-state index is 0.322. The second-order valence-corrected chi connectivity index (χ2v) is 6.49. The molecular weight excluding hydrogens is 344 g/mol. The molecule has 1 aromatic heterocycles. The van der Waals surface area contributed by atoms with Gasteiger partial charge in [0, 0.05) is 18.0 Å². The van der Waals surface area contributed by atoms with Crippen LogP contribution in [0.5, 0.6) is 0 Å². The number of methoxy groups -OCH3 is 1. The van der Waals surface area contributed by atoms with Gasteiger partial charge in [0.1, 0.15) is 4.60 Å². The highest BCUT2D eigenvalue weighted by atomic mass is 79.9. The molecule has 0 N–H and O–H groups in total. The summed E-state index contributed by atoms with van der Waals surface area (Å²) in [5.41, 5.74) is 2.52. The number of halogens is 1. The lowest BCUT2D eigenvalue weighted by Crippen LogP contribution is -2.37. The predicted molar refractivity (Wildman–Crippen MR) is 91.4 cm³/mol. The summed E-state index contributed by atoms with van der Waals surface area (Å²) in [5, 5.41) is 0.957. The van der Waals surface area contributed by atoms with Crippen molar-refractivity contribution in [2.24, 2.45) is 0 Å². The Labute approximate surface area is 138 Å². The number of hydrogen-bond acceptors (Lipinski definition) is 4. The Hall–Kier alpha value is -1.62. The van der Waals surface area contributed by atoms with Gasteiger partial charge in [-0.3, -0.25) is 0 Å². The zero-order valence-electron chi connectivity index (χ0n) is 12.8. The average molecular weight is 363 g/mol. The molecule has 5 heteroatoms. The van der Waals surface area contributed by atoms with Crippen LogP contribution in [-0.2, 0) is 4.74 Å². The molecule has 1 fully saturated rings. The van der Waals surface area contributed by atoms with Crippen molar-refractivity contribution in [2.45, 2.75) is 32.2 Å². The molecule has 4 nitrogen and oxygen atoms in total. The highest BCUT2D eigenvalue weighted by Crippen LogP contribution is 2.33. The van der Waals surface area contributed by atoms with Gasteiger partial charge in [-0.05, 0) is 66.4 Å². The fourth-order valence-corrected chi connectivity index (χ4v) is 3.58. The monoisotopic (exact) mass is 362 g/mol. The van der Waals surface area contributed by atoms with E-state index in [-0.39, 0.29) is 5.97 Å². The van der Waals surface area contributed by atoms with E-state index in [2.05, 4.69) is 38.8 Å². The molecule has 0 spiro atoms. The second-order valence-electron chi connectivity index (χ2n) is 5.74. The van der Waals surface area contributed by atoms with Crippen molar-refractivity contribution >= 4 is 38.5 Å². The van der Waals surface area contributed by atoms with Crippen LogP contribution in [0, 0.1) is 0 Å². The van der Waals surface area contributed by atoms with E-state index < -0.39 is 0 Å². The minimum atomic E-state index is -0.322. The maximum Gasteiger partial charge on any atom is 0.337 e. The molecule has 0 radical (unpaired) electrons. The minimum Gasteiger partial charge on any atom is -0.465 e. The van der Waals surface area contributed by atoms with Crippen molar-refractivity contribution in [3.63, 3.8) is 0 Å². The number of hydrogen-bond donors (Lipinski definition) is 0. The van der Waals surface area contributed by atoms with Crippen molar-refractivity contribution in [3.8, 4) is 0 Å². The van der Waals surface area contributed by atoms with Crippen LogP contribution in [0.4, 0.5) is 5.69 Å². The molecule has 2 aromatic rings. The molecule has 22 heavy (non-hydrogen) atoms. The van der Waals surface area contributed by atoms with Gasteiger partial charge in [0.15, 0.2) is 0 Å². The van der Waals surface area contributed by atoms with Gasteiger partial charge >= 0.3 is 5.97 Å². The van der Waals surface area contributed by atoms with E-state index in [9.17, 15) is 4.79 Å².